The lowest BCUT2D eigenvalue weighted by atomic mass is 10.2. The fourth-order valence-electron chi connectivity index (χ4n) is 1.67. The van der Waals surface area contributed by atoms with Crippen LogP contribution in [0.4, 0.5) is 0 Å². The SMILES string of the molecule is CCCn1c(SCC(N)C2CC2)n[nH]c1=O. The molecule has 3 N–H and O–H groups in total. The minimum atomic E-state index is -0.121. The Hall–Kier alpha value is -0.750. The molecule has 1 fully saturated rings. The summed E-state index contributed by atoms with van der Waals surface area (Å²) in [5.41, 5.74) is 5.89. The Morgan fingerprint density at radius 1 is 1.69 bits per heavy atom. The summed E-state index contributed by atoms with van der Waals surface area (Å²) < 4.78 is 1.68. The average molecular weight is 242 g/mol. The van der Waals surface area contributed by atoms with Crippen molar-refractivity contribution < 1.29 is 0 Å². The quantitative estimate of drug-likeness (QED) is 0.724. The maximum atomic E-state index is 11.4. The molecule has 1 aromatic rings. The van der Waals surface area contributed by atoms with Gasteiger partial charge in [0.25, 0.3) is 0 Å². The molecule has 90 valence electrons. The molecule has 0 saturated heterocycles. The number of rotatable bonds is 6. The third-order valence-electron chi connectivity index (χ3n) is 2.80. The Bertz CT molecular complexity index is 396. The van der Waals surface area contributed by atoms with Gasteiger partial charge in [0.15, 0.2) is 5.16 Å². The van der Waals surface area contributed by atoms with E-state index in [1.807, 2.05) is 6.92 Å². The Morgan fingerprint density at radius 3 is 3.06 bits per heavy atom. The van der Waals surface area contributed by atoms with Crippen molar-refractivity contribution in [3.63, 3.8) is 0 Å². The van der Waals surface area contributed by atoms with Crippen molar-refractivity contribution >= 4 is 11.8 Å². The molecule has 0 aliphatic heterocycles. The molecule has 2 rings (SSSR count). The monoisotopic (exact) mass is 242 g/mol. The second kappa shape index (κ2) is 5.05. The Labute approximate surface area is 98.8 Å². The fourth-order valence-corrected chi connectivity index (χ4v) is 2.72. The summed E-state index contributed by atoms with van der Waals surface area (Å²) in [6, 6.07) is 0.242. The number of aromatic nitrogens is 3. The normalized spacial score (nSPS) is 17.6. The minimum absolute atomic E-state index is 0.121. The summed E-state index contributed by atoms with van der Waals surface area (Å²) in [7, 11) is 0. The predicted molar refractivity (Wildman–Crippen MR) is 64.6 cm³/mol. The van der Waals surface area contributed by atoms with Crippen molar-refractivity contribution in [1.29, 1.82) is 0 Å². The summed E-state index contributed by atoms with van der Waals surface area (Å²) in [5.74, 6) is 1.54. The first-order chi connectivity index (χ1) is 7.72. The van der Waals surface area contributed by atoms with Gasteiger partial charge in [-0.2, -0.15) is 0 Å². The van der Waals surface area contributed by atoms with Crippen molar-refractivity contribution in [3.8, 4) is 0 Å². The van der Waals surface area contributed by atoms with Crippen LogP contribution in [0.5, 0.6) is 0 Å². The zero-order chi connectivity index (χ0) is 11.5. The summed E-state index contributed by atoms with van der Waals surface area (Å²) in [4.78, 5) is 11.4. The summed E-state index contributed by atoms with van der Waals surface area (Å²) in [6.45, 7) is 2.76. The maximum Gasteiger partial charge on any atom is 0.343 e. The first-order valence-corrected chi connectivity index (χ1v) is 6.74. The van der Waals surface area contributed by atoms with E-state index in [-0.39, 0.29) is 11.7 Å². The lowest BCUT2D eigenvalue weighted by Crippen LogP contribution is -2.25. The highest BCUT2D eigenvalue weighted by Crippen LogP contribution is 2.33. The number of thioether (sulfide) groups is 1. The van der Waals surface area contributed by atoms with Gasteiger partial charge in [-0.05, 0) is 25.2 Å². The third-order valence-corrected chi connectivity index (χ3v) is 3.92. The van der Waals surface area contributed by atoms with E-state index in [9.17, 15) is 4.79 Å². The molecule has 0 aromatic carbocycles. The molecular weight excluding hydrogens is 224 g/mol. The molecule has 0 radical (unpaired) electrons. The molecule has 1 heterocycles. The lowest BCUT2D eigenvalue weighted by molar-refractivity contribution is 0.601. The molecule has 1 aliphatic rings. The maximum absolute atomic E-state index is 11.4. The Balaban J connectivity index is 1.94. The molecule has 1 unspecified atom stereocenters. The summed E-state index contributed by atoms with van der Waals surface area (Å²) >= 11 is 1.58. The van der Waals surface area contributed by atoms with Gasteiger partial charge in [0.2, 0.25) is 0 Å². The van der Waals surface area contributed by atoms with Gasteiger partial charge in [-0.3, -0.25) is 4.57 Å². The minimum Gasteiger partial charge on any atom is -0.327 e. The highest BCUT2D eigenvalue weighted by Gasteiger charge is 2.28. The zero-order valence-electron chi connectivity index (χ0n) is 9.48. The molecule has 5 nitrogen and oxygen atoms in total. The molecule has 1 aromatic heterocycles. The van der Waals surface area contributed by atoms with Crippen LogP contribution in [0.25, 0.3) is 0 Å². The van der Waals surface area contributed by atoms with Crippen LogP contribution >= 0.6 is 11.8 Å². The van der Waals surface area contributed by atoms with Crippen LogP contribution in [0.3, 0.4) is 0 Å². The number of nitrogens with zero attached hydrogens (tertiary/aromatic N) is 2. The van der Waals surface area contributed by atoms with Crippen LogP contribution in [0.15, 0.2) is 9.95 Å². The van der Waals surface area contributed by atoms with Gasteiger partial charge in [0.1, 0.15) is 0 Å². The van der Waals surface area contributed by atoms with E-state index in [1.165, 1.54) is 12.8 Å². The number of nitrogens with one attached hydrogen (secondary N) is 1. The van der Waals surface area contributed by atoms with Gasteiger partial charge in [0.05, 0.1) is 0 Å². The van der Waals surface area contributed by atoms with Crippen molar-refractivity contribution in [2.75, 3.05) is 5.75 Å². The smallest absolute Gasteiger partial charge is 0.327 e. The van der Waals surface area contributed by atoms with Crippen LogP contribution in [0.1, 0.15) is 26.2 Å². The molecule has 1 aliphatic carbocycles. The number of aromatic amines is 1. The largest absolute Gasteiger partial charge is 0.343 e. The van der Waals surface area contributed by atoms with E-state index >= 15 is 0 Å². The second-order valence-electron chi connectivity index (χ2n) is 4.28. The molecule has 16 heavy (non-hydrogen) atoms. The molecule has 0 spiro atoms. The van der Waals surface area contributed by atoms with E-state index in [0.717, 1.165) is 23.9 Å². The molecule has 0 amide bonds. The highest BCUT2D eigenvalue weighted by molar-refractivity contribution is 7.99. The van der Waals surface area contributed by atoms with Gasteiger partial charge in [-0.1, -0.05) is 18.7 Å². The number of nitrogens with two attached hydrogens (primary N) is 1. The first kappa shape index (κ1) is 11.7. The summed E-state index contributed by atoms with van der Waals surface area (Å²) in [5, 5.41) is 7.27. The van der Waals surface area contributed by atoms with Gasteiger partial charge >= 0.3 is 5.69 Å². The third kappa shape index (κ3) is 2.68. The molecule has 6 heteroatoms. The van der Waals surface area contributed by atoms with E-state index in [0.29, 0.717) is 5.92 Å². The van der Waals surface area contributed by atoms with E-state index in [1.54, 1.807) is 16.3 Å². The van der Waals surface area contributed by atoms with Crippen LogP contribution in [-0.4, -0.2) is 26.6 Å². The fraction of sp³-hybridized carbons (Fsp3) is 0.800. The van der Waals surface area contributed by atoms with Gasteiger partial charge in [0, 0.05) is 18.3 Å². The molecule has 1 saturated carbocycles. The van der Waals surface area contributed by atoms with Crippen molar-refractivity contribution in [2.45, 2.75) is 43.9 Å². The van der Waals surface area contributed by atoms with Gasteiger partial charge < -0.3 is 5.73 Å². The Kier molecular flexibility index (Phi) is 3.70. The van der Waals surface area contributed by atoms with Crippen LogP contribution in [0.2, 0.25) is 0 Å². The zero-order valence-corrected chi connectivity index (χ0v) is 10.3. The Morgan fingerprint density at radius 2 is 2.44 bits per heavy atom. The van der Waals surface area contributed by atoms with Crippen LogP contribution < -0.4 is 11.4 Å². The topological polar surface area (TPSA) is 76.7 Å². The van der Waals surface area contributed by atoms with E-state index < -0.39 is 0 Å². The van der Waals surface area contributed by atoms with Crippen LogP contribution in [0, 0.1) is 5.92 Å². The number of hydrogen-bond donors (Lipinski definition) is 2. The highest BCUT2D eigenvalue weighted by atomic mass is 32.2. The van der Waals surface area contributed by atoms with Gasteiger partial charge in [-0.15, -0.1) is 5.10 Å². The second-order valence-corrected chi connectivity index (χ2v) is 5.26. The van der Waals surface area contributed by atoms with E-state index in [2.05, 4.69) is 10.2 Å². The predicted octanol–water partition coefficient (Wildman–Crippen LogP) is 0.811. The van der Waals surface area contributed by atoms with Crippen molar-refractivity contribution in [1.82, 2.24) is 14.8 Å². The van der Waals surface area contributed by atoms with Gasteiger partial charge in [-0.25, -0.2) is 9.89 Å². The standard InChI is InChI=1S/C10H18N4OS/c1-2-5-14-9(15)12-13-10(14)16-6-8(11)7-3-4-7/h7-8H,2-6,11H2,1H3,(H,12,15). The van der Waals surface area contributed by atoms with Crippen LogP contribution in [-0.2, 0) is 6.54 Å². The number of H-pyrrole nitrogens is 1. The average Bonchev–Trinajstić information content (AvgIpc) is 3.05. The molecular formula is C10H18N4OS. The molecule has 1 atom stereocenters. The molecule has 0 bridgehead atoms. The first-order valence-electron chi connectivity index (χ1n) is 5.76. The lowest BCUT2D eigenvalue weighted by Gasteiger charge is -2.09. The van der Waals surface area contributed by atoms with Crippen molar-refractivity contribution in [3.05, 3.63) is 10.5 Å². The van der Waals surface area contributed by atoms with E-state index in [4.69, 9.17) is 5.73 Å². The summed E-state index contributed by atoms with van der Waals surface area (Å²) in [6.07, 6.45) is 3.44. The van der Waals surface area contributed by atoms with Crippen molar-refractivity contribution in [2.24, 2.45) is 11.7 Å². The number of hydrogen-bond acceptors (Lipinski definition) is 4.